The Morgan fingerprint density at radius 1 is 1.33 bits per heavy atom. The van der Waals surface area contributed by atoms with Crippen LogP contribution in [0, 0.1) is 10.1 Å². The minimum atomic E-state index is -3.62. The van der Waals surface area contributed by atoms with Crippen LogP contribution >= 0.6 is 0 Å². The lowest BCUT2D eigenvalue weighted by Gasteiger charge is -2.10. The molecule has 1 aromatic rings. The molecule has 0 saturated heterocycles. The number of non-ortho nitro benzene ring substituents is 1. The fourth-order valence-corrected chi connectivity index (χ4v) is 2.94. The number of ketones is 1. The summed E-state index contributed by atoms with van der Waals surface area (Å²) in [6, 6.07) is 4.63. The molecule has 0 N–H and O–H groups in total. The van der Waals surface area contributed by atoms with E-state index in [1.807, 2.05) is 0 Å². The van der Waals surface area contributed by atoms with E-state index in [1.165, 1.54) is 26.0 Å². The minimum absolute atomic E-state index is 0.0122. The molecule has 1 atom stereocenters. The van der Waals surface area contributed by atoms with Crippen LogP contribution in [0.15, 0.2) is 29.2 Å². The Morgan fingerprint density at radius 2 is 1.83 bits per heavy atom. The second-order valence-corrected chi connectivity index (χ2v) is 6.38. The second-order valence-electron chi connectivity index (χ2n) is 4.01. The van der Waals surface area contributed by atoms with Crippen molar-refractivity contribution in [1.29, 1.82) is 0 Å². The number of sulfone groups is 1. The SMILES string of the molecule is CC(=O)CC(C)S(=O)(=O)c1ccc([N+](=O)[O-])cc1. The van der Waals surface area contributed by atoms with Gasteiger partial charge in [0, 0.05) is 18.6 Å². The maximum Gasteiger partial charge on any atom is 0.269 e. The van der Waals surface area contributed by atoms with Crippen LogP contribution in [0.25, 0.3) is 0 Å². The van der Waals surface area contributed by atoms with Crippen LogP contribution in [0.3, 0.4) is 0 Å². The van der Waals surface area contributed by atoms with Crippen LogP contribution in [-0.4, -0.2) is 24.4 Å². The highest BCUT2D eigenvalue weighted by Crippen LogP contribution is 2.21. The van der Waals surface area contributed by atoms with E-state index in [0.717, 1.165) is 12.1 Å². The van der Waals surface area contributed by atoms with E-state index in [2.05, 4.69) is 0 Å². The summed E-state index contributed by atoms with van der Waals surface area (Å²) in [4.78, 5) is 20.8. The summed E-state index contributed by atoms with van der Waals surface area (Å²) < 4.78 is 24.1. The molecular weight excluding hydrogens is 258 g/mol. The van der Waals surface area contributed by atoms with Gasteiger partial charge >= 0.3 is 0 Å². The maximum absolute atomic E-state index is 12.0. The lowest BCUT2D eigenvalue weighted by atomic mass is 10.2. The van der Waals surface area contributed by atoms with E-state index in [-0.39, 0.29) is 22.8 Å². The maximum atomic E-state index is 12.0. The van der Waals surface area contributed by atoms with E-state index in [0.29, 0.717) is 0 Å². The van der Waals surface area contributed by atoms with Gasteiger partial charge in [-0.3, -0.25) is 14.9 Å². The van der Waals surface area contributed by atoms with Crippen molar-refractivity contribution in [3.63, 3.8) is 0 Å². The number of benzene rings is 1. The molecule has 0 saturated carbocycles. The first-order chi connectivity index (χ1) is 8.25. The van der Waals surface area contributed by atoms with Gasteiger partial charge in [-0.25, -0.2) is 8.42 Å². The summed E-state index contributed by atoms with van der Waals surface area (Å²) in [5.74, 6) is -0.215. The van der Waals surface area contributed by atoms with Crippen molar-refractivity contribution >= 4 is 21.3 Å². The first kappa shape index (κ1) is 14.3. The summed E-state index contributed by atoms with van der Waals surface area (Å²) in [6.07, 6.45) is -0.0701. The fraction of sp³-hybridized carbons (Fsp3) is 0.364. The molecule has 0 fully saturated rings. The largest absolute Gasteiger partial charge is 0.300 e. The molecule has 0 aliphatic rings. The van der Waals surface area contributed by atoms with E-state index in [9.17, 15) is 23.3 Å². The predicted octanol–water partition coefficient (Wildman–Crippen LogP) is 1.74. The quantitative estimate of drug-likeness (QED) is 0.600. The molecule has 6 nitrogen and oxygen atoms in total. The van der Waals surface area contributed by atoms with Gasteiger partial charge in [0.15, 0.2) is 9.84 Å². The standard InChI is InChI=1S/C11H13NO5S/c1-8(13)7-9(2)18(16,17)11-5-3-10(4-6-11)12(14)15/h3-6,9H,7H2,1-2H3. The number of hydrogen-bond acceptors (Lipinski definition) is 5. The van der Waals surface area contributed by atoms with Crippen LogP contribution in [0.4, 0.5) is 5.69 Å². The molecule has 1 rings (SSSR count). The van der Waals surface area contributed by atoms with Gasteiger partial charge in [0.1, 0.15) is 5.78 Å². The van der Waals surface area contributed by atoms with Gasteiger partial charge < -0.3 is 0 Å². The number of carbonyl (C=O) groups is 1. The van der Waals surface area contributed by atoms with Crippen molar-refractivity contribution in [3.05, 3.63) is 34.4 Å². The average Bonchev–Trinajstić information content (AvgIpc) is 2.28. The van der Waals surface area contributed by atoms with Crippen molar-refractivity contribution in [2.75, 3.05) is 0 Å². The highest BCUT2D eigenvalue weighted by Gasteiger charge is 2.24. The van der Waals surface area contributed by atoms with E-state index >= 15 is 0 Å². The first-order valence-corrected chi connectivity index (χ1v) is 6.77. The number of nitro benzene ring substituents is 1. The zero-order valence-corrected chi connectivity index (χ0v) is 10.8. The van der Waals surface area contributed by atoms with Crippen molar-refractivity contribution in [3.8, 4) is 0 Å². The molecule has 0 radical (unpaired) electrons. The number of carbonyl (C=O) groups excluding carboxylic acids is 1. The van der Waals surface area contributed by atoms with Crippen LogP contribution < -0.4 is 0 Å². The molecular formula is C11H13NO5S. The monoisotopic (exact) mass is 271 g/mol. The molecule has 0 aliphatic heterocycles. The van der Waals surface area contributed by atoms with Crippen molar-refractivity contribution in [2.24, 2.45) is 0 Å². The highest BCUT2D eigenvalue weighted by atomic mass is 32.2. The zero-order chi connectivity index (χ0) is 13.9. The number of Topliss-reactive ketones (excluding diaryl/α,β-unsaturated/α-hetero) is 1. The molecule has 0 aromatic heterocycles. The van der Waals surface area contributed by atoms with Crippen LogP contribution in [0.1, 0.15) is 20.3 Å². The number of nitro groups is 1. The second kappa shape index (κ2) is 5.26. The van der Waals surface area contributed by atoms with Crippen LogP contribution in [-0.2, 0) is 14.6 Å². The topological polar surface area (TPSA) is 94.3 Å². The zero-order valence-electron chi connectivity index (χ0n) is 9.99. The van der Waals surface area contributed by atoms with Crippen molar-refractivity contribution in [2.45, 2.75) is 30.4 Å². The van der Waals surface area contributed by atoms with Crippen LogP contribution in [0.5, 0.6) is 0 Å². The average molecular weight is 271 g/mol. The molecule has 98 valence electrons. The predicted molar refractivity (Wildman–Crippen MR) is 65.0 cm³/mol. The molecule has 18 heavy (non-hydrogen) atoms. The molecule has 1 unspecified atom stereocenters. The molecule has 0 spiro atoms. The Kier molecular flexibility index (Phi) is 4.18. The summed E-state index contributed by atoms with van der Waals surface area (Å²) in [6.45, 7) is 2.76. The normalized spacial score (nSPS) is 13.0. The van der Waals surface area contributed by atoms with Crippen molar-refractivity contribution < 1.29 is 18.1 Å². The lowest BCUT2D eigenvalue weighted by Crippen LogP contribution is -2.20. The third-order valence-electron chi connectivity index (χ3n) is 2.48. The van der Waals surface area contributed by atoms with Crippen molar-refractivity contribution in [1.82, 2.24) is 0 Å². The number of nitrogens with zero attached hydrogens (tertiary/aromatic N) is 1. The van der Waals surface area contributed by atoms with Gasteiger partial charge in [0.25, 0.3) is 5.69 Å². The lowest BCUT2D eigenvalue weighted by molar-refractivity contribution is -0.384. The Morgan fingerprint density at radius 3 is 2.22 bits per heavy atom. The molecule has 0 bridgehead atoms. The van der Waals surface area contributed by atoms with Gasteiger partial charge in [-0.2, -0.15) is 0 Å². The number of hydrogen-bond donors (Lipinski definition) is 0. The Labute approximate surface area is 105 Å². The summed E-state index contributed by atoms with van der Waals surface area (Å²) in [5.41, 5.74) is -0.173. The molecule has 7 heteroatoms. The van der Waals surface area contributed by atoms with Crippen LogP contribution in [0.2, 0.25) is 0 Å². The Hall–Kier alpha value is -1.76. The first-order valence-electron chi connectivity index (χ1n) is 5.23. The molecule has 0 amide bonds. The van der Waals surface area contributed by atoms with Gasteiger partial charge in [0.2, 0.25) is 0 Å². The highest BCUT2D eigenvalue weighted by molar-refractivity contribution is 7.92. The summed E-state index contributed by atoms with van der Waals surface area (Å²) in [7, 11) is -3.62. The van der Waals surface area contributed by atoms with Gasteiger partial charge in [0.05, 0.1) is 15.1 Å². The molecule has 0 aliphatic carbocycles. The summed E-state index contributed by atoms with van der Waals surface area (Å²) >= 11 is 0. The molecule has 0 heterocycles. The minimum Gasteiger partial charge on any atom is -0.300 e. The Balaban J connectivity index is 3.05. The Bertz CT molecular complexity index is 562. The van der Waals surface area contributed by atoms with E-state index in [1.54, 1.807) is 0 Å². The summed E-state index contributed by atoms with van der Waals surface area (Å²) in [5, 5.41) is 9.62. The third-order valence-corrected chi connectivity index (χ3v) is 4.64. The smallest absolute Gasteiger partial charge is 0.269 e. The number of rotatable bonds is 5. The van der Waals surface area contributed by atoms with Gasteiger partial charge in [-0.15, -0.1) is 0 Å². The molecule has 1 aromatic carbocycles. The third kappa shape index (κ3) is 3.13. The van der Waals surface area contributed by atoms with E-state index in [4.69, 9.17) is 0 Å². The van der Waals surface area contributed by atoms with E-state index < -0.39 is 20.0 Å². The van der Waals surface area contributed by atoms with Gasteiger partial charge in [-0.05, 0) is 26.0 Å². The fourth-order valence-electron chi connectivity index (χ4n) is 1.50. The van der Waals surface area contributed by atoms with Gasteiger partial charge in [-0.1, -0.05) is 0 Å².